The number of hydrogen-bond acceptors (Lipinski definition) is 5. The molecule has 0 radical (unpaired) electrons. The molecule has 0 saturated carbocycles. The maximum Gasteiger partial charge on any atom is 0.255 e. The quantitative estimate of drug-likeness (QED) is 0.446. The van der Waals surface area contributed by atoms with Gasteiger partial charge in [-0.25, -0.2) is 13.1 Å². The lowest BCUT2D eigenvalue weighted by molar-refractivity contribution is -0.136. The minimum Gasteiger partial charge on any atom is -0.339 e. The van der Waals surface area contributed by atoms with Gasteiger partial charge >= 0.3 is 0 Å². The molecule has 2 saturated heterocycles. The van der Waals surface area contributed by atoms with Crippen molar-refractivity contribution in [3.05, 3.63) is 71.8 Å². The van der Waals surface area contributed by atoms with Gasteiger partial charge in [0.25, 0.3) is 5.91 Å². The van der Waals surface area contributed by atoms with Gasteiger partial charge in [0.2, 0.25) is 15.9 Å². The number of aryl methyl sites for hydroxylation is 1. The molecule has 5 rings (SSSR count). The Morgan fingerprint density at radius 2 is 1.71 bits per heavy atom. The Bertz CT molecular complexity index is 1470. The standard InChI is InChI=1S/C29H34N4O4S/c1-19-8-3-4-9-22(19)28(34)31-25-13-14-27(24-11-6-5-10-23(24)25)38(36,37)32-21-15-17-33(20(2)18-21)29(35)26-12-7-16-30-26/h3-6,8-11,13-14,20-21,26,30,32H,7,12,15-18H2,1-2H3,(H,31,34)/t20-,21-,26-/m0/s1. The van der Waals surface area contributed by atoms with Crippen molar-refractivity contribution in [1.29, 1.82) is 0 Å². The molecule has 0 aliphatic carbocycles. The average Bonchev–Trinajstić information content (AvgIpc) is 3.44. The highest BCUT2D eigenvalue weighted by atomic mass is 32.2. The summed E-state index contributed by atoms with van der Waals surface area (Å²) < 4.78 is 30.0. The normalized spacial score (nSPS) is 21.9. The monoisotopic (exact) mass is 534 g/mol. The highest BCUT2D eigenvalue weighted by Gasteiger charge is 2.35. The first-order valence-electron chi connectivity index (χ1n) is 13.2. The molecule has 0 bridgehead atoms. The van der Waals surface area contributed by atoms with Crippen molar-refractivity contribution in [2.24, 2.45) is 0 Å². The fourth-order valence-electron chi connectivity index (χ4n) is 5.62. The predicted octanol–water partition coefficient (Wildman–Crippen LogP) is 3.81. The summed E-state index contributed by atoms with van der Waals surface area (Å²) in [6, 6.07) is 17.3. The highest BCUT2D eigenvalue weighted by molar-refractivity contribution is 7.89. The van der Waals surface area contributed by atoms with Crippen LogP contribution in [0.3, 0.4) is 0 Å². The summed E-state index contributed by atoms with van der Waals surface area (Å²) in [4.78, 5) is 27.9. The number of piperidine rings is 1. The minimum atomic E-state index is -3.85. The Morgan fingerprint density at radius 1 is 0.974 bits per heavy atom. The van der Waals surface area contributed by atoms with Crippen LogP contribution in [-0.4, -0.2) is 56.3 Å². The Kier molecular flexibility index (Phi) is 7.52. The summed E-state index contributed by atoms with van der Waals surface area (Å²) in [7, 11) is -3.85. The lowest BCUT2D eigenvalue weighted by atomic mass is 9.98. The van der Waals surface area contributed by atoms with Crippen LogP contribution in [0.5, 0.6) is 0 Å². The number of nitrogens with one attached hydrogen (secondary N) is 3. The molecule has 3 aromatic carbocycles. The van der Waals surface area contributed by atoms with E-state index in [2.05, 4.69) is 15.4 Å². The zero-order valence-electron chi connectivity index (χ0n) is 21.7. The van der Waals surface area contributed by atoms with Crippen LogP contribution >= 0.6 is 0 Å². The molecule has 0 unspecified atom stereocenters. The second kappa shape index (κ2) is 10.8. The molecule has 3 atom stereocenters. The molecule has 2 aliphatic heterocycles. The Hall–Kier alpha value is -3.27. The number of sulfonamides is 1. The third-order valence-corrected chi connectivity index (χ3v) is 9.23. The van der Waals surface area contributed by atoms with Crippen LogP contribution in [0.2, 0.25) is 0 Å². The van der Waals surface area contributed by atoms with Gasteiger partial charge in [-0.3, -0.25) is 9.59 Å². The number of likely N-dealkylation sites (tertiary alicyclic amines) is 1. The Morgan fingerprint density at radius 3 is 2.42 bits per heavy atom. The lowest BCUT2D eigenvalue weighted by Gasteiger charge is -2.39. The molecule has 0 aromatic heterocycles. The fourth-order valence-corrected chi connectivity index (χ4v) is 7.11. The van der Waals surface area contributed by atoms with Crippen molar-refractivity contribution in [2.45, 2.75) is 62.6 Å². The number of rotatable bonds is 6. The van der Waals surface area contributed by atoms with Gasteiger partial charge in [0.05, 0.1) is 10.9 Å². The van der Waals surface area contributed by atoms with Gasteiger partial charge in [0, 0.05) is 40.7 Å². The zero-order chi connectivity index (χ0) is 26.9. The summed E-state index contributed by atoms with van der Waals surface area (Å²) in [5, 5.41) is 7.40. The number of anilines is 1. The van der Waals surface area contributed by atoms with Crippen molar-refractivity contribution < 1.29 is 18.0 Å². The van der Waals surface area contributed by atoms with E-state index in [1.807, 2.05) is 49.1 Å². The number of carbonyl (C=O) groups excluding carboxylic acids is 2. The summed E-state index contributed by atoms with van der Waals surface area (Å²) in [6.07, 6.45) is 2.97. The lowest BCUT2D eigenvalue weighted by Crippen LogP contribution is -2.54. The van der Waals surface area contributed by atoms with Crippen LogP contribution in [0.4, 0.5) is 5.69 Å². The van der Waals surface area contributed by atoms with E-state index in [1.54, 1.807) is 30.3 Å². The van der Waals surface area contributed by atoms with Crippen molar-refractivity contribution in [3.8, 4) is 0 Å². The molecule has 3 N–H and O–H groups in total. The van der Waals surface area contributed by atoms with Crippen molar-refractivity contribution in [3.63, 3.8) is 0 Å². The SMILES string of the molecule is Cc1ccccc1C(=O)Nc1ccc(S(=O)(=O)N[C@H]2CCN(C(=O)[C@@H]3CCCN3)[C@@H](C)C2)c2ccccc12. The second-order valence-corrected chi connectivity index (χ2v) is 12.0. The summed E-state index contributed by atoms with van der Waals surface area (Å²) in [5.74, 6) is -0.129. The van der Waals surface area contributed by atoms with E-state index in [9.17, 15) is 18.0 Å². The van der Waals surface area contributed by atoms with E-state index in [0.29, 0.717) is 41.4 Å². The number of benzene rings is 3. The van der Waals surface area contributed by atoms with Gasteiger partial charge in [-0.15, -0.1) is 0 Å². The van der Waals surface area contributed by atoms with E-state index in [0.717, 1.165) is 24.9 Å². The van der Waals surface area contributed by atoms with Gasteiger partial charge in [0.1, 0.15) is 0 Å². The van der Waals surface area contributed by atoms with Crippen molar-refractivity contribution >= 4 is 38.3 Å². The van der Waals surface area contributed by atoms with Crippen molar-refractivity contribution in [2.75, 3.05) is 18.4 Å². The van der Waals surface area contributed by atoms with E-state index < -0.39 is 10.0 Å². The van der Waals surface area contributed by atoms with Crippen LogP contribution in [0.1, 0.15) is 48.5 Å². The number of nitrogens with zero attached hydrogens (tertiary/aromatic N) is 1. The van der Waals surface area contributed by atoms with Gasteiger partial charge in [0.15, 0.2) is 0 Å². The molecular formula is C29H34N4O4S. The maximum absolute atomic E-state index is 13.6. The largest absolute Gasteiger partial charge is 0.339 e. The molecule has 0 spiro atoms. The van der Waals surface area contributed by atoms with Crippen molar-refractivity contribution in [1.82, 2.24) is 14.9 Å². The van der Waals surface area contributed by atoms with Crippen LogP contribution in [0.25, 0.3) is 10.8 Å². The molecule has 8 nitrogen and oxygen atoms in total. The number of hydrogen-bond donors (Lipinski definition) is 3. The molecule has 9 heteroatoms. The van der Waals surface area contributed by atoms with Gasteiger partial charge in [-0.05, 0) is 69.8 Å². The first kappa shape index (κ1) is 26.3. The second-order valence-electron chi connectivity index (χ2n) is 10.3. The van der Waals surface area contributed by atoms with E-state index >= 15 is 0 Å². The summed E-state index contributed by atoms with van der Waals surface area (Å²) >= 11 is 0. The maximum atomic E-state index is 13.6. The van der Waals surface area contributed by atoms with E-state index in [4.69, 9.17) is 0 Å². The summed E-state index contributed by atoms with van der Waals surface area (Å²) in [5.41, 5.74) is 1.98. The molecule has 38 heavy (non-hydrogen) atoms. The molecule has 200 valence electrons. The van der Waals surface area contributed by atoms with Crippen LogP contribution in [-0.2, 0) is 14.8 Å². The number of carbonyl (C=O) groups is 2. The Labute approximate surface area is 223 Å². The molecule has 3 aromatic rings. The summed E-state index contributed by atoms with van der Waals surface area (Å²) in [6.45, 7) is 5.25. The average molecular weight is 535 g/mol. The van der Waals surface area contributed by atoms with Crippen LogP contribution in [0.15, 0.2) is 65.6 Å². The van der Waals surface area contributed by atoms with Crippen LogP contribution < -0.4 is 15.4 Å². The Balaban J connectivity index is 1.34. The molecular weight excluding hydrogens is 500 g/mol. The highest BCUT2D eigenvalue weighted by Crippen LogP contribution is 2.31. The van der Waals surface area contributed by atoms with Crippen LogP contribution in [0, 0.1) is 6.92 Å². The van der Waals surface area contributed by atoms with Gasteiger partial charge < -0.3 is 15.5 Å². The fraction of sp³-hybridized carbons (Fsp3) is 0.379. The van der Waals surface area contributed by atoms with E-state index in [1.165, 1.54) is 0 Å². The number of amides is 2. The molecule has 2 amide bonds. The third-order valence-electron chi connectivity index (χ3n) is 7.65. The molecule has 2 aliphatic rings. The molecule has 2 fully saturated rings. The first-order valence-corrected chi connectivity index (χ1v) is 14.7. The van der Waals surface area contributed by atoms with Gasteiger partial charge in [-0.2, -0.15) is 0 Å². The zero-order valence-corrected chi connectivity index (χ0v) is 22.6. The first-order chi connectivity index (χ1) is 18.2. The topological polar surface area (TPSA) is 108 Å². The van der Waals surface area contributed by atoms with Gasteiger partial charge in [-0.1, -0.05) is 42.5 Å². The number of fused-ring (bicyclic) bond motifs is 1. The third kappa shape index (κ3) is 5.32. The minimum absolute atomic E-state index is 0.0536. The molecule has 2 heterocycles. The predicted molar refractivity (Wildman–Crippen MR) is 149 cm³/mol. The smallest absolute Gasteiger partial charge is 0.255 e. The van der Waals surface area contributed by atoms with E-state index in [-0.39, 0.29) is 34.8 Å².